The molecule has 4 N–H and O–H groups in total. The predicted molar refractivity (Wildman–Crippen MR) is 69.9 cm³/mol. The molecule has 19 heavy (non-hydrogen) atoms. The molecule has 2 bridgehead atoms. The number of benzene rings is 1. The summed E-state index contributed by atoms with van der Waals surface area (Å²) in [5.41, 5.74) is 0.646. The molecule has 4 rings (SSSR count). The third-order valence-electron chi connectivity index (χ3n) is 5.48. The Kier molecular flexibility index (Phi) is 2.28. The number of hydrogen-bond donors (Lipinski definition) is 4. The smallest absolute Gasteiger partial charge is 0.200 e. The highest BCUT2D eigenvalue weighted by Crippen LogP contribution is 2.65. The van der Waals surface area contributed by atoms with Gasteiger partial charge in [0.25, 0.3) is 0 Å². The molecule has 4 nitrogen and oxygen atoms in total. The van der Waals surface area contributed by atoms with E-state index in [0.717, 1.165) is 23.7 Å². The summed E-state index contributed by atoms with van der Waals surface area (Å²) in [7, 11) is 0. The fourth-order valence-corrected chi connectivity index (χ4v) is 4.58. The molecular formula is C15H19NO3. The van der Waals surface area contributed by atoms with E-state index < -0.39 is 5.75 Å². The Labute approximate surface area is 112 Å². The van der Waals surface area contributed by atoms with Crippen molar-refractivity contribution < 1.29 is 15.3 Å². The molecule has 3 aliphatic carbocycles. The van der Waals surface area contributed by atoms with E-state index in [9.17, 15) is 15.3 Å². The van der Waals surface area contributed by atoms with Gasteiger partial charge in [-0.3, -0.25) is 0 Å². The number of hydrogen-bond acceptors (Lipinski definition) is 4. The van der Waals surface area contributed by atoms with Crippen LogP contribution in [0.1, 0.15) is 24.8 Å². The summed E-state index contributed by atoms with van der Waals surface area (Å²) in [4.78, 5) is 0. The number of rotatable bonds is 3. The number of phenolic OH excluding ortho intramolecular Hbond substituents is 3. The van der Waals surface area contributed by atoms with E-state index >= 15 is 0 Å². The lowest BCUT2D eigenvalue weighted by Crippen LogP contribution is -2.22. The molecule has 3 saturated carbocycles. The first kappa shape index (κ1) is 11.4. The first-order valence-corrected chi connectivity index (χ1v) is 7.13. The lowest BCUT2D eigenvalue weighted by molar-refractivity contribution is 0.363. The minimum absolute atomic E-state index is 0.207. The van der Waals surface area contributed by atoms with E-state index in [2.05, 4.69) is 5.32 Å². The van der Waals surface area contributed by atoms with Crippen LogP contribution in [-0.4, -0.2) is 21.4 Å². The van der Waals surface area contributed by atoms with Gasteiger partial charge in [-0.2, -0.15) is 0 Å². The van der Waals surface area contributed by atoms with Gasteiger partial charge < -0.3 is 20.6 Å². The van der Waals surface area contributed by atoms with Gasteiger partial charge in [0.05, 0.1) is 0 Å². The van der Waals surface area contributed by atoms with Gasteiger partial charge in [-0.15, -0.1) is 0 Å². The van der Waals surface area contributed by atoms with Gasteiger partial charge in [-0.1, -0.05) is 6.07 Å². The first-order chi connectivity index (χ1) is 9.16. The summed E-state index contributed by atoms with van der Waals surface area (Å²) in [6.07, 6.45) is 4.23. The number of aromatic hydroxyl groups is 3. The Morgan fingerprint density at radius 3 is 2.37 bits per heavy atom. The van der Waals surface area contributed by atoms with Crippen LogP contribution in [0.15, 0.2) is 12.1 Å². The van der Waals surface area contributed by atoms with Crippen molar-refractivity contribution in [1.29, 1.82) is 0 Å². The van der Waals surface area contributed by atoms with Crippen molar-refractivity contribution in [3.63, 3.8) is 0 Å². The molecule has 4 unspecified atom stereocenters. The van der Waals surface area contributed by atoms with Crippen molar-refractivity contribution in [2.24, 2.45) is 23.7 Å². The molecule has 4 atom stereocenters. The van der Waals surface area contributed by atoms with Crippen molar-refractivity contribution in [2.45, 2.75) is 31.8 Å². The van der Waals surface area contributed by atoms with Crippen LogP contribution >= 0.6 is 0 Å². The summed E-state index contributed by atoms with van der Waals surface area (Å²) in [6, 6.07) is 3.68. The van der Waals surface area contributed by atoms with Crippen molar-refractivity contribution >= 4 is 0 Å². The third kappa shape index (κ3) is 1.56. The van der Waals surface area contributed by atoms with Gasteiger partial charge in [0.1, 0.15) is 0 Å². The molecule has 0 radical (unpaired) electrons. The number of nitrogens with one attached hydrogen (secondary N) is 1. The van der Waals surface area contributed by atoms with Gasteiger partial charge in [0.15, 0.2) is 11.5 Å². The zero-order valence-corrected chi connectivity index (χ0v) is 10.7. The zero-order chi connectivity index (χ0) is 13.1. The monoisotopic (exact) mass is 261 g/mol. The van der Waals surface area contributed by atoms with Crippen LogP contribution in [0.2, 0.25) is 0 Å². The highest BCUT2D eigenvalue weighted by molar-refractivity contribution is 5.53. The Hall–Kier alpha value is -1.42. The largest absolute Gasteiger partial charge is 0.504 e. The number of fused-ring (bicyclic) bond motifs is 5. The Morgan fingerprint density at radius 1 is 1.00 bits per heavy atom. The fourth-order valence-electron chi connectivity index (χ4n) is 4.58. The average molecular weight is 261 g/mol. The third-order valence-corrected chi connectivity index (χ3v) is 5.48. The molecule has 1 aromatic rings. The van der Waals surface area contributed by atoms with Gasteiger partial charge >= 0.3 is 0 Å². The lowest BCUT2D eigenvalue weighted by atomic mass is 10.0. The predicted octanol–water partition coefficient (Wildman–Crippen LogP) is 1.94. The molecule has 0 saturated heterocycles. The molecular weight excluding hydrogens is 242 g/mol. The topological polar surface area (TPSA) is 72.7 Å². The Bertz CT molecular complexity index is 514. The van der Waals surface area contributed by atoms with Crippen LogP contribution in [0.5, 0.6) is 17.2 Å². The average Bonchev–Trinajstić information content (AvgIpc) is 2.80. The van der Waals surface area contributed by atoms with Crippen LogP contribution in [-0.2, 0) is 6.54 Å². The standard InChI is InChI=1S/C15H19NO3/c17-10-4-3-9(14(18)15(10)19)6-16-13-11-7-1-2-8(5-7)12(11)13/h3-4,7-8,11-13,16-19H,1-2,5-6H2. The van der Waals surface area contributed by atoms with Crippen molar-refractivity contribution in [3.05, 3.63) is 17.7 Å². The van der Waals surface area contributed by atoms with Gasteiger partial charge in [-0.25, -0.2) is 0 Å². The van der Waals surface area contributed by atoms with Gasteiger partial charge in [0.2, 0.25) is 5.75 Å². The van der Waals surface area contributed by atoms with Crippen molar-refractivity contribution in [3.8, 4) is 17.2 Å². The molecule has 0 amide bonds. The highest BCUT2D eigenvalue weighted by atomic mass is 16.3. The molecule has 4 heteroatoms. The second-order valence-corrected chi connectivity index (χ2v) is 6.34. The molecule has 0 aliphatic heterocycles. The summed E-state index contributed by atoms with van der Waals surface area (Å²) >= 11 is 0. The zero-order valence-electron chi connectivity index (χ0n) is 10.7. The van der Waals surface area contributed by atoms with E-state index in [-0.39, 0.29) is 11.5 Å². The van der Waals surface area contributed by atoms with Crippen LogP contribution in [0.25, 0.3) is 0 Å². The van der Waals surface area contributed by atoms with Gasteiger partial charge in [-0.05, 0) is 49.0 Å². The summed E-state index contributed by atoms with van der Waals surface area (Å²) in [5, 5.41) is 32.1. The maximum Gasteiger partial charge on any atom is 0.200 e. The van der Waals surface area contributed by atoms with Crippen LogP contribution < -0.4 is 5.32 Å². The van der Waals surface area contributed by atoms with E-state index in [1.807, 2.05) is 0 Å². The Morgan fingerprint density at radius 2 is 1.68 bits per heavy atom. The Balaban J connectivity index is 1.43. The molecule has 3 aliphatic rings. The number of phenols is 3. The van der Waals surface area contributed by atoms with Crippen LogP contribution in [0, 0.1) is 23.7 Å². The van der Waals surface area contributed by atoms with Crippen LogP contribution in [0.4, 0.5) is 0 Å². The minimum atomic E-state index is -0.421. The maximum atomic E-state index is 9.78. The molecule has 102 valence electrons. The second kappa shape index (κ2) is 3.79. The first-order valence-electron chi connectivity index (χ1n) is 7.13. The lowest BCUT2D eigenvalue weighted by Gasteiger charge is -2.12. The minimum Gasteiger partial charge on any atom is -0.504 e. The molecule has 0 heterocycles. The van der Waals surface area contributed by atoms with E-state index in [1.54, 1.807) is 6.07 Å². The SMILES string of the molecule is Oc1ccc(CNC2C3C4CCC(C4)C23)c(O)c1O. The summed E-state index contributed by atoms with van der Waals surface area (Å²) < 4.78 is 0. The van der Waals surface area contributed by atoms with Crippen molar-refractivity contribution in [2.75, 3.05) is 0 Å². The molecule has 0 spiro atoms. The normalized spacial score (nSPS) is 38.4. The van der Waals surface area contributed by atoms with E-state index in [1.165, 1.54) is 25.3 Å². The van der Waals surface area contributed by atoms with Crippen molar-refractivity contribution in [1.82, 2.24) is 5.32 Å². The maximum absolute atomic E-state index is 9.78. The quantitative estimate of drug-likeness (QED) is 0.627. The van der Waals surface area contributed by atoms with Gasteiger partial charge in [0, 0.05) is 18.2 Å². The highest BCUT2D eigenvalue weighted by Gasteiger charge is 2.64. The summed E-state index contributed by atoms with van der Waals surface area (Å²) in [5.74, 6) is 2.65. The van der Waals surface area contributed by atoms with Crippen LogP contribution in [0.3, 0.4) is 0 Å². The molecule has 1 aromatic carbocycles. The summed E-state index contributed by atoms with van der Waals surface area (Å²) in [6.45, 7) is 0.552. The molecule has 0 aromatic heterocycles. The molecule has 3 fully saturated rings. The van der Waals surface area contributed by atoms with E-state index in [0.29, 0.717) is 18.2 Å². The van der Waals surface area contributed by atoms with E-state index in [4.69, 9.17) is 0 Å². The fraction of sp³-hybridized carbons (Fsp3) is 0.600. The second-order valence-electron chi connectivity index (χ2n) is 6.34.